The maximum absolute atomic E-state index is 10.2. The summed E-state index contributed by atoms with van der Waals surface area (Å²) in [6, 6.07) is 0. The summed E-state index contributed by atoms with van der Waals surface area (Å²) >= 11 is 1.61. The molecule has 0 radical (unpaired) electrons. The van der Waals surface area contributed by atoms with Crippen molar-refractivity contribution in [2.45, 2.75) is 32.8 Å². The Hall–Kier alpha value is -0.650. The van der Waals surface area contributed by atoms with E-state index in [-0.39, 0.29) is 11.5 Å². The van der Waals surface area contributed by atoms with Crippen LogP contribution in [-0.2, 0) is 11.2 Å². The van der Waals surface area contributed by atoms with Gasteiger partial charge in [-0.1, -0.05) is 25.2 Å². The van der Waals surface area contributed by atoms with Crippen LogP contribution >= 0.6 is 11.3 Å². The molecule has 1 heterocycles. The molecule has 1 aliphatic rings. The molecule has 102 valence electrons. The van der Waals surface area contributed by atoms with Crippen molar-refractivity contribution in [3.63, 3.8) is 0 Å². The Balaban J connectivity index is 2.18. The molecule has 0 aromatic carbocycles. The topological polar surface area (TPSA) is 45.6 Å². The van der Waals surface area contributed by atoms with Gasteiger partial charge in [0.15, 0.2) is 5.13 Å². The highest BCUT2D eigenvalue weighted by molar-refractivity contribution is 7.15. The van der Waals surface area contributed by atoms with Crippen LogP contribution in [0.25, 0.3) is 0 Å². The molecule has 1 atom stereocenters. The number of aromatic nitrogens is 1. The summed E-state index contributed by atoms with van der Waals surface area (Å²) in [7, 11) is 3.72. The number of ether oxygens (including phenoxy) is 1. The Morgan fingerprint density at radius 3 is 2.94 bits per heavy atom. The number of fused-ring (bicyclic) bond motifs is 1. The summed E-state index contributed by atoms with van der Waals surface area (Å²) in [5.74, 6) is 0. The molecule has 0 amide bonds. The van der Waals surface area contributed by atoms with Crippen LogP contribution in [0.2, 0.25) is 0 Å². The fourth-order valence-electron chi connectivity index (χ4n) is 2.37. The predicted octanol–water partition coefficient (Wildman–Crippen LogP) is 2.23. The summed E-state index contributed by atoms with van der Waals surface area (Å²) in [6.45, 7) is 5.89. The lowest BCUT2D eigenvalue weighted by atomic mass is 9.77. The number of rotatable bonds is 4. The quantitative estimate of drug-likeness (QED) is 0.911. The van der Waals surface area contributed by atoms with Crippen molar-refractivity contribution in [2.24, 2.45) is 5.41 Å². The fourth-order valence-corrected chi connectivity index (χ4v) is 3.42. The Morgan fingerprint density at radius 1 is 1.56 bits per heavy atom. The van der Waals surface area contributed by atoms with E-state index in [2.05, 4.69) is 23.7 Å². The van der Waals surface area contributed by atoms with Gasteiger partial charge in [0.1, 0.15) is 0 Å². The summed E-state index contributed by atoms with van der Waals surface area (Å²) in [5, 5.41) is 11.2. The van der Waals surface area contributed by atoms with E-state index in [1.165, 1.54) is 0 Å². The third kappa shape index (κ3) is 2.84. The van der Waals surface area contributed by atoms with Gasteiger partial charge in [-0.3, -0.25) is 0 Å². The summed E-state index contributed by atoms with van der Waals surface area (Å²) in [4.78, 5) is 7.82. The first kappa shape index (κ1) is 13.8. The van der Waals surface area contributed by atoms with Gasteiger partial charge in [0.2, 0.25) is 0 Å². The second-order valence-corrected chi connectivity index (χ2v) is 6.79. The molecule has 1 aromatic rings. The Labute approximate surface area is 113 Å². The van der Waals surface area contributed by atoms with Crippen LogP contribution in [0.5, 0.6) is 0 Å². The molecular formula is C13H22N2O2S. The van der Waals surface area contributed by atoms with Gasteiger partial charge in [-0.2, -0.15) is 0 Å². The van der Waals surface area contributed by atoms with Crippen molar-refractivity contribution in [3.05, 3.63) is 10.6 Å². The first-order valence-corrected chi connectivity index (χ1v) is 7.12. The van der Waals surface area contributed by atoms with Gasteiger partial charge in [-0.05, 0) is 18.3 Å². The first-order chi connectivity index (χ1) is 8.43. The zero-order valence-corrected chi connectivity index (χ0v) is 12.4. The number of likely N-dealkylation sites (N-methyl/N-ethyl adjacent to an activating group) is 1. The van der Waals surface area contributed by atoms with Crippen LogP contribution in [0.15, 0.2) is 0 Å². The number of aliphatic hydroxyl groups is 1. The number of hydrogen-bond acceptors (Lipinski definition) is 5. The van der Waals surface area contributed by atoms with Gasteiger partial charge in [-0.15, -0.1) is 0 Å². The number of nitrogens with zero attached hydrogens (tertiary/aromatic N) is 2. The molecule has 0 aliphatic heterocycles. The number of hydrogen-bond donors (Lipinski definition) is 1. The average molecular weight is 270 g/mol. The van der Waals surface area contributed by atoms with E-state index in [9.17, 15) is 5.11 Å². The standard InChI is InChI=1S/C13H22N2O2S/c1-13(2)7-9-11(10(16)8-13)18-12(14-9)15(3)5-6-17-4/h10,16H,5-8H2,1-4H3. The second-order valence-electron chi connectivity index (χ2n) is 5.78. The van der Waals surface area contributed by atoms with Crippen LogP contribution in [0.3, 0.4) is 0 Å². The van der Waals surface area contributed by atoms with Crippen molar-refractivity contribution in [1.29, 1.82) is 0 Å². The molecule has 0 fully saturated rings. The number of thiazole rings is 1. The normalized spacial score (nSPS) is 21.7. The van der Waals surface area contributed by atoms with Gasteiger partial charge >= 0.3 is 0 Å². The fraction of sp³-hybridized carbons (Fsp3) is 0.769. The smallest absolute Gasteiger partial charge is 0.185 e. The molecular weight excluding hydrogens is 248 g/mol. The van der Waals surface area contributed by atoms with Gasteiger partial charge in [0.25, 0.3) is 0 Å². The lowest BCUT2D eigenvalue weighted by molar-refractivity contribution is 0.102. The maximum Gasteiger partial charge on any atom is 0.185 e. The highest BCUT2D eigenvalue weighted by atomic mass is 32.1. The molecule has 1 aliphatic carbocycles. The molecule has 18 heavy (non-hydrogen) atoms. The van der Waals surface area contributed by atoms with Crippen molar-refractivity contribution < 1.29 is 9.84 Å². The second kappa shape index (κ2) is 5.15. The number of methoxy groups -OCH3 is 1. The van der Waals surface area contributed by atoms with Gasteiger partial charge in [0.05, 0.1) is 23.3 Å². The first-order valence-electron chi connectivity index (χ1n) is 6.31. The number of aliphatic hydroxyl groups excluding tert-OH is 1. The van der Waals surface area contributed by atoms with Gasteiger partial charge in [-0.25, -0.2) is 4.98 Å². The maximum atomic E-state index is 10.2. The Bertz CT molecular complexity index is 417. The predicted molar refractivity (Wildman–Crippen MR) is 74.3 cm³/mol. The van der Waals surface area contributed by atoms with E-state index in [1.54, 1.807) is 18.4 Å². The summed E-state index contributed by atoms with van der Waals surface area (Å²) in [5.41, 5.74) is 1.21. The largest absolute Gasteiger partial charge is 0.387 e. The van der Waals surface area contributed by atoms with Crippen LogP contribution < -0.4 is 4.90 Å². The van der Waals surface area contributed by atoms with Crippen molar-refractivity contribution >= 4 is 16.5 Å². The van der Waals surface area contributed by atoms with Crippen molar-refractivity contribution in [3.8, 4) is 0 Å². The van der Waals surface area contributed by atoms with Crippen LogP contribution in [0.1, 0.15) is 36.9 Å². The minimum Gasteiger partial charge on any atom is -0.387 e. The van der Waals surface area contributed by atoms with Crippen LogP contribution in [0.4, 0.5) is 5.13 Å². The van der Waals surface area contributed by atoms with E-state index in [4.69, 9.17) is 4.74 Å². The van der Waals surface area contributed by atoms with Crippen LogP contribution in [0, 0.1) is 5.41 Å². The molecule has 1 unspecified atom stereocenters. The third-order valence-electron chi connectivity index (χ3n) is 3.37. The van der Waals surface area contributed by atoms with Crippen molar-refractivity contribution in [1.82, 2.24) is 4.98 Å². The minimum absolute atomic E-state index is 0.142. The monoisotopic (exact) mass is 270 g/mol. The van der Waals surface area contributed by atoms with Crippen molar-refractivity contribution in [2.75, 3.05) is 32.2 Å². The lowest BCUT2D eigenvalue weighted by Gasteiger charge is -2.31. The molecule has 0 saturated carbocycles. The molecule has 2 rings (SSSR count). The molecule has 4 nitrogen and oxygen atoms in total. The molecule has 5 heteroatoms. The summed E-state index contributed by atoms with van der Waals surface area (Å²) < 4.78 is 5.08. The van der Waals surface area contributed by atoms with E-state index >= 15 is 0 Å². The van der Waals surface area contributed by atoms with E-state index in [1.807, 2.05) is 7.05 Å². The number of anilines is 1. The molecule has 0 saturated heterocycles. The molecule has 0 bridgehead atoms. The van der Waals surface area contributed by atoms with E-state index < -0.39 is 0 Å². The van der Waals surface area contributed by atoms with Crippen LogP contribution in [-0.4, -0.2) is 37.4 Å². The highest BCUT2D eigenvalue weighted by Gasteiger charge is 2.34. The minimum atomic E-state index is -0.356. The Kier molecular flexibility index (Phi) is 3.94. The molecule has 1 aromatic heterocycles. The SMILES string of the molecule is COCCN(C)c1nc2c(s1)C(O)CC(C)(C)C2. The third-order valence-corrected chi connectivity index (χ3v) is 4.68. The molecule has 1 N–H and O–H groups in total. The highest BCUT2D eigenvalue weighted by Crippen LogP contribution is 2.44. The average Bonchev–Trinajstić information content (AvgIpc) is 2.68. The van der Waals surface area contributed by atoms with E-state index in [0.29, 0.717) is 6.61 Å². The zero-order valence-electron chi connectivity index (χ0n) is 11.6. The Morgan fingerprint density at radius 2 is 2.28 bits per heavy atom. The summed E-state index contributed by atoms with van der Waals surface area (Å²) in [6.07, 6.45) is 1.42. The van der Waals surface area contributed by atoms with Gasteiger partial charge in [0, 0.05) is 20.7 Å². The lowest BCUT2D eigenvalue weighted by Crippen LogP contribution is -2.25. The van der Waals surface area contributed by atoms with Gasteiger partial charge < -0.3 is 14.7 Å². The molecule has 0 spiro atoms. The zero-order chi connectivity index (χ0) is 13.3. The van der Waals surface area contributed by atoms with E-state index in [0.717, 1.165) is 35.1 Å².